The molecule has 0 spiro atoms. The lowest BCUT2D eigenvalue weighted by Gasteiger charge is -1.89. The Morgan fingerprint density at radius 3 is 3.20 bits per heavy atom. The molecule has 1 aromatic heterocycles. The standard InChI is InChI=1S/C6H8N4/c1-5(10-4-7)6-8-2-3-9-6/h2-4H,1H2,(H2,7,10)(H,8,9). The van der Waals surface area contributed by atoms with Gasteiger partial charge in [-0.05, 0) is 0 Å². The predicted octanol–water partition coefficient (Wildman–Crippen LogP) is 0.367. The van der Waals surface area contributed by atoms with Gasteiger partial charge in [-0.2, -0.15) is 0 Å². The Labute approximate surface area is 58.5 Å². The van der Waals surface area contributed by atoms with E-state index in [1.54, 1.807) is 12.4 Å². The number of nitrogens with two attached hydrogens (primary N) is 1. The van der Waals surface area contributed by atoms with Crippen LogP contribution < -0.4 is 5.73 Å². The number of hydrogen-bond acceptors (Lipinski definition) is 2. The molecule has 0 amide bonds. The Bertz CT molecular complexity index is 234. The average molecular weight is 136 g/mol. The molecule has 0 radical (unpaired) electrons. The predicted molar refractivity (Wildman–Crippen MR) is 40.3 cm³/mol. The zero-order valence-corrected chi connectivity index (χ0v) is 5.41. The highest BCUT2D eigenvalue weighted by molar-refractivity contribution is 5.67. The van der Waals surface area contributed by atoms with Crippen molar-refractivity contribution in [3.8, 4) is 0 Å². The summed E-state index contributed by atoms with van der Waals surface area (Å²) >= 11 is 0. The molecule has 0 saturated heterocycles. The first kappa shape index (κ1) is 6.54. The van der Waals surface area contributed by atoms with Crippen LogP contribution in [0.15, 0.2) is 24.0 Å². The van der Waals surface area contributed by atoms with Gasteiger partial charge in [0, 0.05) is 12.4 Å². The molecule has 0 saturated carbocycles. The number of nitrogens with one attached hydrogen (secondary N) is 1. The minimum absolute atomic E-state index is 0.535. The van der Waals surface area contributed by atoms with Gasteiger partial charge in [0.1, 0.15) is 5.70 Å². The third-order valence-electron chi connectivity index (χ3n) is 1.00. The van der Waals surface area contributed by atoms with Gasteiger partial charge in [-0.15, -0.1) is 0 Å². The van der Waals surface area contributed by atoms with E-state index in [1.807, 2.05) is 0 Å². The number of rotatable bonds is 2. The van der Waals surface area contributed by atoms with Crippen molar-refractivity contribution >= 4 is 12.0 Å². The van der Waals surface area contributed by atoms with Gasteiger partial charge in [-0.3, -0.25) is 0 Å². The van der Waals surface area contributed by atoms with E-state index in [1.165, 1.54) is 6.34 Å². The van der Waals surface area contributed by atoms with E-state index < -0.39 is 0 Å². The van der Waals surface area contributed by atoms with Crippen LogP contribution in [0, 0.1) is 0 Å². The zero-order valence-electron chi connectivity index (χ0n) is 5.41. The van der Waals surface area contributed by atoms with Crippen LogP contribution in [0.25, 0.3) is 5.70 Å². The van der Waals surface area contributed by atoms with Crippen molar-refractivity contribution in [1.29, 1.82) is 0 Å². The highest BCUT2D eigenvalue weighted by atomic mass is 14.9. The van der Waals surface area contributed by atoms with Crippen LogP contribution in [0.2, 0.25) is 0 Å². The second-order valence-corrected chi connectivity index (χ2v) is 1.66. The van der Waals surface area contributed by atoms with Gasteiger partial charge in [-0.25, -0.2) is 9.98 Å². The average Bonchev–Trinajstić information content (AvgIpc) is 2.38. The molecule has 1 aromatic rings. The summed E-state index contributed by atoms with van der Waals surface area (Å²) in [5.74, 6) is 0.640. The molecule has 10 heavy (non-hydrogen) atoms. The molecule has 1 heterocycles. The van der Waals surface area contributed by atoms with Gasteiger partial charge < -0.3 is 10.7 Å². The molecular formula is C6H8N4. The molecule has 0 aliphatic rings. The van der Waals surface area contributed by atoms with Crippen molar-refractivity contribution in [3.05, 3.63) is 24.8 Å². The third kappa shape index (κ3) is 1.22. The number of aromatic nitrogens is 2. The number of aromatic amines is 1. The van der Waals surface area contributed by atoms with Gasteiger partial charge in [-0.1, -0.05) is 6.58 Å². The monoisotopic (exact) mass is 136 g/mol. The van der Waals surface area contributed by atoms with Crippen LogP contribution in [0.5, 0.6) is 0 Å². The lowest BCUT2D eigenvalue weighted by atomic mass is 10.5. The fourth-order valence-electron chi connectivity index (χ4n) is 0.574. The molecule has 4 heteroatoms. The first-order chi connectivity index (χ1) is 4.84. The second-order valence-electron chi connectivity index (χ2n) is 1.66. The molecule has 52 valence electrons. The molecule has 0 aliphatic heterocycles. The first-order valence-corrected chi connectivity index (χ1v) is 2.77. The Kier molecular flexibility index (Phi) is 1.84. The molecule has 1 rings (SSSR count). The van der Waals surface area contributed by atoms with Gasteiger partial charge in [0.05, 0.1) is 6.34 Å². The van der Waals surface area contributed by atoms with Gasteiger partial charge in [0.25, 0.3) is 0 Å². The lowest BCUT2D eigenvalue weighted by molar-refractivity contribution is 1.22. The zero-order chi connectivity index (χ0) is 7.40. The van der Waals surface area contributed by atoms with Crippen LogP contribution in [0.4, 0.5) is 0 Å². The van der Waals surface area contributed by atoms with Crippen LogP contribution in [0.3, 0.4) is 0 Å². The third-order valence-corrected chi connectivity index (χ3v) is 1.00. The lowest BCUT2D eigenvalue weighted by Crippen LogP contribution is -1.90. The summed E-state index contributed by atoms with van der Waals surface area (Å²) in [4.78, 5) is 10.5. The Morgan fingerprint density at radius 1 is 1.90 bits per heavy atom. The highest BCUT2D eigenvalue weighted by Crippen LogP contribution is 2.04. The molecular weight excluding hydrogens is 128 g/mol. The molecule has 0 fully saturated rings. The fraction of sp³-hybridized carbons (Fsp3) is 0. The molecule has 0 atom stereocenters. The van der Waals surface area contributed by atoms with Crippen LogP contribution in [-0.4, -0.2) is 16.3 Å². The summed E-state index contributed by atoms with van der Waals surface area (Å²) in [6.07, 6.45) is 4.52. The fourth-order valence-corrected chi connectivity index (χ4v) is 0.574. The summed E-state index contributed by atoms with van der Waals surface area (Å²) in [5, 5.41) is 0. The number of nitrogens with zero attached hydrogens (tertiary/aromatic N) is 2. The summed E-state index contributed by atoms with van der Waals surface area (Å²) in [6.45, 7) is 3.62. The van der Waals surface area contributed by atoms with Gasteiger partial charge >= 0.3 is 0 Å². The Morgan fingerprint density at radius 2 is 2.70 bits per heavy atom. The molecule has 0 unspecified atom stereocenters. The van der Waals surface area contributed by atoms with E-state index in [4.69, 9.17) is 5.73 Å². The van der Waals surface area contributed by atoms with E-state index in [9.17, 15) is 0 Å². The van der Waals surface area contributed by atoms with Crippen LogP contribution in [0.1, 0.15) is 5.82 Å². The van der Waals surface area contributed by atoms with E-state index in [-0.39, 0.29) is 0 Å². The van der Waals surface area contributed by atoms with Crippen LogP contribution >= 0.6 is 0 Å². The van der Waals surface area contributed by atoms with Crippen molar-refractivity contribution in [2.24, 2.45) is 10.7 Å². The van der Waals surface area contributed by atoms with Crippen molar-refractivity contribution in [1.82, 2.24) is 9.97 Å². The maximum atomic E-state index is 5.04. The topological polar surface area (TPSA) is 67.1 Å². The minimum atomic E-state index is 0.535. The van der Waals surface area contributed by atoms with Gasteiger partial charge in [0.2, 0.25) is 0 Å². The molecule has 0 aliphatic carbocycles. The van der Waals surface area contributed by atoms with Crippen molar-refractivity contribution in [2.75, 3.05) is 0 Å². The normalized spacial score (nSPS) is 10.4. The number of aliphatic imine (C=N–C) groups is 1. The van der Waals surface area contributed by atoms with E-state index in [2.05, 4.69) is 21.5 Å². The van der Waals surface area contributed by atoms with Crippen LogP contribution in [-0.2, 0) is 0 Å². The largest absolute Gasteiger partial charge is 0.390 e. The SMILES string of the molecule is C=C(N=CN)c1ncc[nH]1. The van der Waals surface area contributed by atoms with E-state index in [0.29, 0.717) is 11.5 Å². The van der Waals surface area contributed by atoms with Crippen molar-refractivity contribution in [2.45, 2.75) is 0 Å². The Balaban J connectivity index is 2.78. The smallest absolute Gasteiger partial charge is 0.155 e. The van der Waals surface area contributed by atoms with Crippen molar-refractivity contribution in [3.63, 3.8) is 0 Å². The summed E-state index contributed by atoms with van der Waals surface area (Å²) in [6, 6.07) is 0. The van der Waals surface area contributed by atoms with Gasteiger partial charge in [0.15, 0.2) is 5.82 Å². The number of H-pyrrole nitrogens is 1. The Hall–Kier alpha value is -1.58. The molecule has 0 bridgehead atoms. The quantitative estimate of drug-likeness (QED) is 0.455. The minimum Gasteiger partial charge on any atom is -0.390 e. The maximum Gasteiger partial charge on any atom is 0.155 e. The highest BCUT2D eigenvalue weighted by Gasteiger charge is 1.94. The van der Waals surface area contributed by atoms with Crippen molar-refractivity contribution < 1.29 is 0 Å². The molecule has 0 aromatic carbocycles. The molecule has 3 N–H and O–H groups in total. The van der Waals surface area contributed by atoms with E-state index in [0.717, 1.165) is 0 Å². The maximum absolute atomic E-state index is 5.04. The first-order valence-electron chi connectivity index (χ1n) is 2.77. The number of hydrogen-bond donors (Lipinski definition) is 2. The number of imidazole rings is 1. The molecule has 4 nitrogen and oxygen atoms in total. The summed E-state index contributed by atoms with van der Waals surface area (Å²) in [7, 11) is 0. The van der Waals surface area contributed by atoms with E-state index >= 15 is 0 Å². The summed E-state index contributed by atoms with van der Waals surface area (Å²) < 4.78 is 0. The summed E-state index contributed by atoms with van der Waals surface area (Å²) in [5.41, 5.74) is 5.58. The second kappa shape index (κ2) is 2.82.